The number of aliphatic hydroxyl groups is 1. The summed E-state index contributed by atoms with van der Waals surface area (Å²) >= 11 is 0. The first-order valence-electron chi connectivity index (χ1n) is 16.6. The second kappa shape index (κ2) is 16.7. The van der Waals surface area contributed by atoms with Gasteiger partial charge in [0.15, 0.2) is 11.5 Å². The fourth-order valence-electron chi connectivity index (χ4n) is 5.62. The summed E-state index contributed by atoms with van der Waals surface area (Å²) in [7, 11) is 1.68. The Morgan fingerprint density at radius 3 is 2.29 bits per heavy atom. The second-order valence-corrected chi connectivity index (χ2v) is 12.8. The maximum atomic E-state index is 14.4. The van der Waals surface area contributed by atoms with Crippen molar-refractivity contribution in [2.75, 3.05) is 49.3 Å². The number of hydrogen-bond acceptors (Lipinski definition) is 10. The van der Waals surface area contributed by atoms with Crippen molar-refractivity contribution >= 4 is 35.0 Å². The quantitative estimate of drug-likeness (QED) is 0.248. The third-order valence-corrected chi connectivity index (χ3v) is 8.65. The van der Waals surface area contributed by atoms with E-state index in [4.69, 9.17) is 18.5 Å². The van der Waals surface area contributed by atoms with Crippen LogP contribution in [0.5, 0.6) is 5.75 Å². The Balaban J connectivity index is 1.59. The molecule has 3 aromatic rings. The zero-order valence-electron chi connectivity index (χ0n) is 29.6. The maximum absolute atomic E-state index is 14.4. The molecule has 0 aliphatic carbocycles. The van der Waals surface area contributed by atoms with Crippen LogP contribution >= 0.6 is 0 Å². The van der Waals surface area contributed by atoms with Gasteiger partial charge in [-0.2, -0.15) is 0 Å². The summed E-state index contributed by atoms with van der Waals surface area (Å²) in [6.07, 6.45) is 1.67. The van der Waals surface area contributed by atoms with E-state index in [2.05, 4.69) is 26.3 Å². The minimum absolute atomic E-state index is 0.212. The molecule has 1 aromatic carbocycles. The van der Waals surface area contributed by atoms with Gasteiger partial charge in [0.2, 0.25) is 0 Å². The molecule has 15 nitrogen and oxygen atoms in total. The van der Waals surface area contributed by atoms with Crippen LogP contribution in [-0.2, 0) is 4.74 Å². The highest BCUT2D eigenvalue weighted by Crippen LogP contribution is 2.29. The SMILES string of the molecule is Cc1noc(C)c1NC(=O)Nc1ccc2c(c1)C(=O)N([C@H](C)CO)C[C@H](C)[C@H](CN(C)C(=O)Nc1c(C)noc1C)OCCCC[C@@H](C)O2. The molecule has 2 aromatic heterocycles. The molecule has 0 unspecified atom stereocenters. The normalized spacial score (nSPS) is 19.7. The number of aromatic nitrogens is 2. The molecular weight excluding hydrogens is 634 g/mol. The van der Waals surface area contributed by atoms with Gasteiger partial charge in [0.05, 0.1) is 30.4 Å². The molecule has 268 valence electrons. The number of likely N-dealkylation sites (N-methyl/N-ethyl adjacent to an activating group) is 1. The molecule has 0 saturated carbocycles. The van der Waals surface area contributed by atoms with Gasteiger partial charge in [0, 0.05) is 38.3 Å². The number of aryl methyl sites for hydroxylation is 4. The third kappa shape index (κ3) is 9.50. The number of carbonyl (C=O) groups is 3. The van der Waals surface area contributed by atoms with Crippen molar-refractivity contribution in [3.8, 4) is 5.75 Å². The van der Waals surface area contributed by atoms with E-state index < -0.39 is 18.2 Å². The third-order valence-electron chi connectivity index (χ3n) is 8.65. The Morgan fingerprint density at radius 1 is 1.02 bits per heavy atom. The number of urea groups is 2. The average molecular weight is 684 g/mol. The minimum Gasteiger partial charge on any atom is -0.490 e. The number of nitrogens with zero attached hydrogens (tertiary/aromatic N) is 4. The topological polar surface area (TPSA) is 185 Å². The fourth-order valence-corrected chi connectivity index (χ4v) is 5.62. The number of carbonyl (C=O) groups excluding carboxylic acids is 3. The molecule has 4 atom stereocenters. The van der Waals surface area contributed by atoms with Gasteiger partial charge in [0.1, 0.15) is 28.5 Å². The number of ether oxygens (including phenoxy) is 2. The first kappa shape index (κ1) is 37.2. The molecule has 1 aliphatic heterocycles. The first-order chi connectivity index (χ1) is 23.3. The van der Waals surface area contributed by atoms with E-state index in [1.54, 1.807) is 64.8 Å². The van der Waals surface area contributed by atoms with Crippen LogP contribution in [0.2, 0.25) is 0 Å². The summed E-state index contributed by atoms with van der Waals surface area (Å²) in [5.41, 5.74) is 2.70. The van der Waals surface area contributed by atoms with E-state index >= 15 is 0 Å². The summed E-state index contributed by atoms with van der Waals surface area (Å²) in [5.74, 6) is 0.711. The smallest absolute Gasteiger partial charge is 0.323 e. The lowest BCUT2D eigenvalue weighted by atomic mass is 10.0. The predicted octanol–water partition coefficient (Wildman–Crippen LogP) is 5.50. The van der Waals surface area contributed by atoms with Crippen LogP contribution in [0.1, 0.15) is 73.3 Å². The lowest BCUT2D eigenvalue weighted by Gasteiger charge is -2.35. The Morgan fingerprint density at radius 2 is 1.67 bits per heavy atom. The van der Waals surface area contributed by atoms with E-state index in [9.17, 15) is 19.5 Å². The van der Waals surface area contributed by atoms with Gasteiger partial charge in [-0.15, -0.1) is 0 Å². The number of rotatable bonds is 7. The summed E-state index contributed by atoms with van der Waals surface area (Å²) in [6.45, 7) is 13.2. The molecule has 5 amide bonds. The van der Waals surface area contributed by atoms with Gasteiger partial charge in [-0.1, -0.05) is 17.2 Å². The zero-order chi connectivity index (χ0) is 35.8. The lowest BCUT2D eigenvalue weighted by molar-refractivity contribution is -0.0115. The summed E-state index contributed by atoms with van der Waals surface area (Å²) in [6, 6.07) is 3.48. The molecule has 0 bridgehead atoms. The van der Waals surface area contributed by atoms with Crippen molar-refractivity contribution in [1.29, 1.82) is 0 Å². The van der Waals surface area contributed by atoms with E-state index in [0.29, 0.717) is 58.7 Å². The first-order valence-corrected chi connectivity index (χ1v) is 16.6. The molecule has 15 heteroatoms. The van der Waals surface area contributed by atoms with Crippen LogP contribution in [0.3, 0.4) is 0 Å². The summed E-state index contributed by atoms with van der Waals surface area (Å²) in [5, 5.41) is 26.4. The van der Waals surface area contributed by atoms with E-state index in [0.717, 1.165) is 12.8 Å². The minimum atomic E-state index is -0.561. The molecule has 4 rings (SSSR count). The number of hydrogen-bond donors (Lipinski definition) is 4. The Hall–Kier alpha value is -4.63. The molecule has 0 fully saturated rings. The van der Waals surface area contributed by atoms with Crippen molar-refractivity contribution in [3.05, 3.63) is 46.7 Å². The Labute approximate surface area is 286 Å². The lowest BCUT2D eigenvalue weighted by Crippen LogP contribution is -2.48. The van der Waals surface area contributed by atoms with Crippen LogP contribution in [-0.4, -0.2) is 94.8 Å². The Bertz CT molecular complexity index is 1570. The van der Waals surface area contributed by atoms with Crippen LogP contribution in [0, 0.1) is 33.6 Å². The monoisotopic (exact) mass is 683 g/mol. The summed E-state index contributed by atoms with van der Waals surface area (Å²) in [4.78, 5) is 43.6. The molecule has 0 saturated heterocycles. The molecule has 1 aliphatic rings. The fraction of sp³-hybridized carbons (Fsp3) is 0.559. The van der Waals surface area contributed by atoms with Gasteiger partial charge in [-0.05, 0) is 79.0 Å². The van der Waals surface area contributed by atoms with Crippen molar-refractivity contribution < 1.29 is 38.0 Å². The largest absolute Gasteiger partial charge is 0.490 e. The van der Waals surface area contributed by atoms with Crippen LogP contribution in [0.25, 0.3) is 0 Å². The number of nitrogens with one attached hydrogen (secondary N) is 3. The number of amides is 5. The van der Waals surface area contributed by atoms with Crippen molar-refractivity contribution in [1.82, 2.24) is 20.1 Å². The van der Waals surface area contributed by atoms with E-state index in [-0.39, 0.29) is 49.2 Å². The highest BCUT2D eigenvalue weighted by molar-refractivity contribution is 6.03. The van der Waals surface area contributed by atoms with Crippen molar-refractivity contribution in [2.45, 2.75) is 86.0 Å². The highest BCUT2D eigenvalue weighted by Gasteiger charge is 2.31. The number of benzene rings is 1. The van der Waals surface area contributed by atoms with E-state index in [1.165, 1.54) is 4.90 Å². The van der Waals surface area contributed by atoms with Gasteiger partial charge in [-0.3, -0.25) is 4.79 Å². The second-order valence-electron chi connectivity index (χ2n) is 12.8. The summed E-state index contributed by atoms with van der Waals surface area (Å²) < 4.78 is 23.0. The van der Waals surface area contributed by atoms with Crippen molar-refractivity contribution in [2.24, 2.45) is 5.92 Å². The van der Waals surface area contributed by atoms with Gasteiger partial charge in [0.25, 0.3) is 5.91 Å². The van der Waals surface area contributed by atoms with Gasteiger partial charge < -0.3 is 49.4 Å². The molecule has 4 N–H and O–H groups in total. The van der Waals surface area contributed by atoms with Crippen LogP contribution in [0.15, 0.2) is 27.2 Å². The van der Waals surface area contributed by atoms with Crippen molar-refractivity contribution in [3.63, 3.8) is 0 Å². The highest BCUT2D eigenvalue weighted by atomic mass is 16.5. The molecule has 0 radical (unpaired) electrons. The van der Waals surface area contributed by atoms with Gasteiger partial charge >= 0.3 is 12.1 Å². The Kier molecular flexibility index (Phi) is 12.6. The predicted molar refractivity (Wildman–Crippen MR) is 183 cm³/mol. The maximum Gasteiger partial charge on any atom is 0.323 e. The molecule has 3 heterocycles. The number of aliphatic hydroxyl groups excluding tert-OH is 1. The number of fused-ring (bicyclic) bond motifs is 1. The number of anilines is 3. The molecule has 0 spiro atoms. The zero-order valence-corrected chi connectivity index (χ0v) is 29.6. The van der Waals surface area contributed by atoms with E-state index in [1.807, 2.05) is 13.8 Å². The standard InChI is InChI=1S/C34H49N7O8/c1-19-16-41(20(2)18-42)32(43)27-15-26(35-33(44)36-30-22(4)38-48-24(30)6)12-13-28(27)47-21(3)11-9-10-14-46-29(19)17-40(8)34(45)37-31-23(5)39-49-25(31)7/h12-13,15,19-21,29,42H,9-11,14,16-18H2,1-8H3,(H,37,45)(H2,35,36,44)/t19-,20+,21+,29-/m0/s1. The van der Waals surface area contributed by atoms with Crippen LogP contribution < -0.4 is 20.7 Å². The molecule has 49 heavy (non-hydrogen) atoms. The van der Waals surface area contributed by atoms with Gasteiger partial charge in [-0.25, -0.2) is 9.59 Å². The average Bonchev–Trinajstić information content (AvgIpc) is 3.56. The van der Waals surface area contributed by atoms with Crippen LogP contribution in [0.4, 0.5) is 26.7 Å². The molecular formula is C34H49N7O8.